The Morgan fingerprint density at radius 1 is 1.42 bits per heavy atom. The number of rotatable bonds is 6. The van der Waals surface area contributed by atoms with Crippen LogP contribution in [-0.4, -0.2) is 53.1 Å². The highest BCUT2D eigenvalue weighted by molar-refractivity contribution is 5.75. The number of urea groups is 1. The van der Waals surface area contributed by atoms with Crippen molar-refractivity contribution in [2.75, 3.05) is 26.2 Å². The molecule has 19 heavy (non-hydrogen) atoms. The van der Waals surface area contributed by atoms with Crippen LogP contribution < -0.4 is 0 Å². The van der Waals surface area contributed by atoms with E-state index in [0.717, 1.165) is 19.4 Å². The standard InChI is InChI=1S/C14H26N2O3/c1-4-11(3)9-15(5-2)14(19)16-7-6-12(10-16)8-13(17)18/h11-12H,4-10H2,1-3H3,(H,17,18). The summed E-state index contributed by atoms with van der Waals surface area (Å²) in [7, 11) is 0. The Morgan fingerprint density at radius 3 is 2.63 bits per heavy atom. The van der Waals surface area contributed by atoms with Crippen LogP contribution in [0.3, 0.4) is 0 Å². The molecule has 0 spiro atoms. The van der Waals surface area contributed by atoms with Crippen LogP contribution in [0.25, 0.3) is 0 Å². The van der Waals surface area contributed by atoms with Gasteiger partial charge in [0.25, 0.3) is 0 Å². The van der Waals surface area contributed by atoms with E-state index in [1.54, 1.807) is 4.90 Å². The van der Waals surface area contributed by atoms with Crippen molar-refractivity contribution >= 4 is 12.0 Å². The van der Waals surface area contributed by atoms with Crippen LogP contribution in [0, 0.1) is 11.8 Å². The number of carboxylic acids is 1. The third-order valence-corrected chi connectivity index (χ3v) is 3.90. The average Bonchev–Trinajstić information content (AvgIpc) is 2.82. The van der Waals surface area contributed by atoms with Gasteiger partial charge in [0, 0.05) is 32.6 Å². The maximum Gasteiger partial charge on any atom is 0.320 e. The molecule has 0 aromatic heterocycles. The Kier molecular flexibility index (Phi) is 6.12. The van der Waals surface area contributed by atoms with Gasteiger partial charge in [-0.15, -0.1) is 0 Å². The first-order valence-electron chi connectivity index (χ1n) is 7.23. The Hall–Kier alpha value is -1.26. The summed E-state index contributed by atoms with van der Waals surface area (Å²) in [6, 6.07) is 0.0655. The number of hydrogen-bond acceptors (Lipinski definition) is 2. The molecule has 1 aliphatic heterocycles. The van der Waals surface area contributed by atoms with Crippen LogP contribution in [0.4, 0.5) is 4.79 Å². The zero-order valence-corrected chi connectivity index (χ0v) is 12.3. The van der Waals surface area contributed by atoms with Gasteiger partial charge in [0.2, 0.25) is 0 Å². The molecule has 2 atom stereocenters. The minimum Gasteiger partial charge on any atom is -0.481 e. The largest absolute Gasteiger partial charge is 0.481 e. The van der Waals surface area contributed by atoms with Crippen molar-refractivity contribution in [3.8, 4) is 0 Å². The molecular weight excluding hydrogens is 244 g/mol. The third kappa shape index (κ3) is 4.73. The van der Waals surface area contributed by atoms with Crippen LogP contribution in [0.15, 0.2) is 0 Å². The predicted octanol–water partition coefficient (Wildman–Crippen LogP) is 2.27. The molecule has 1 aliphatic rings. The Morgan fingerprint density at radius 2 is 2.11 bits per heavy atom. The molecule has 5 nitrogen and oxygen atoms in total. The first-order valence-corrected chi connectivity index (χ1v) is 7.23. The van der Waals surface area contributed by atoms with Crippen molar-refractivity contribution in [1.82, 2.24) is 9.80 Å². The Balaban J connectivity index is 2.50. The van der Waals surface area contributed by atoms with E-state index in [1.807, 2.05) is 11.8 Å². The second-order valence-corrected chi connectivity index (χ2v) is 5.53. The second kappa shape index (κ2) is 7.36. The molecule has 0 aromatic rings. The first-order chi connectivity index (χ1) is 8.97. The van der Waals surface area contributed by atoms with E-state index < -0.39 is 5.97 Å². The highest BCUT2D eigenvalue weighted by atomic mass is 16.4. The lowest BCUT2D eigenvalue weighted by Gasteiger charge is -2.29. The van der Waals surface area contributed by atoms with Crippen LogP contribution in [0.1, 0.15) is 40.0 Å². The number of carboxylic acid groups (broad SMARTS) is 1. The summed E-state index contributed by atoms with van der Waals surface area (Å²) in [5.41, 5.74) is 0. The fraction of sp³-hybridized carbons (Fsp3) is 0.857. The van der Waals surface area contributed by atoms with E-state index in [0.29, 0.717) is 25.6 Å². The van der Waals surface area contributed by atoms with Gasteiger partial charge in [0.05, 0.1) is 0 Å². The van der Waals surface area contributed by atoms with Gasteiger partial charge in [-0.3, -0.25) is 4.79 Å². The molecule has 1 fully saturated rings. The van der Waals surface area contributed by atoms with Gasteiger partial charge in [0.15, 0.2) is 0 Å². The van der Waals surface area contributed by atoms with Gasteiger partial charge in [-0.25, -0.2) is 4.79 Å². The van der Waals surface area contributed by atoms with E-state index in [9.17, 15) is 9.59 Å². The van der Waals surface area contributed by atoms with Crippen LogP contribution >= 0.6 is 0 Å². The smallest absolute Gasteiger partial charge is 0.320 e. The van der Waals surface area contributed by atoms with E-state index in [-0.39, 0.29) is 18.4 Å². The van der Waals surface area contributed by atoms with E-state index >= 15 is 0 Å². The van der Waals surface area contributed by atoms with Crippen molar-refractivity contribution in [2.24, 2.45) is 11.8 Å². The molecule has 1 rings (SSSR count). The van der Waals surface area contributed by atoms with Crippen molar-refractivity contribution in [2.45, 2.75) is 40.0 Å². The van der Waals surface area contributed by atoms with Gasteiger partial charge in [0.1, 0.15) is 0 Å². The van der Waals surface area contributed by atoms with Crippen molar-refractivity contribution < 1.29 is 14.7 Å². The zero-order chi connectivity index (χ0) is 14.4. The summed E-state index contributed by atoms with van der Waals surface area (Å²) >= 11 is 0. The summed E-state index contributed by atoms with van der Waals surface area (Å²) in [6.45, 7) is 9.03. The fourth-order valence-corrected chi connectivity index (χ4v) is 2.47. The summed E-state index contributed by atoms with van der Waals surface area (Å²) in [5, 5.41) is 8.79. The van der Waals surface area contributed by atoms with Gasteiger partial charge < -0.3 is 14.9 Å². The van der Waals surface area contributed by atoms with Crippen molar-refractivity contribution in [3.05, 3.63) is 0 Å². The molecule has 1 heterocycles. The highest BCUT2D eigenvalue weighted by Crippen LogP contribution is 2.21. The van der Waals surface area contributed by atoms with Gasteiger partial charge in [-0.1, -0.05) is 20.3 Å². The lowest BCUT2D eigenvalue weighted by molar-refractivity contribution is -0.138. The molecule has 0 saturated carbocycles. The van der Waals surface area contributed by atoms with Gasteiger partial charge in [-0.2, -0.15) is 0 Å². The van der Waals surface area contributed by atoms with E-state index in [1.165, 1.54) is 0 Å². The molecular formula is C14H26N2O3. The second-order valence-electron chi connectivity index (χ2n) is 5.53. The number of carbonyl (C=O) groups is 2. The Labute approximate surface area is 115 Å². The highest BCUT2D eigenvalue weighted by Gasteiger charge is 2.30. The molecule has 110 valence electrons. The molecule has 2 amide bonds. The van der Waals surface area contributed by atoms with Crippen LogP contribution in [0.2, 0.25) is 0 Å². The topological polar surface area (TPSA) is 60.9 Å². The molecule has 1 saturated heterocycles. The van der Waals surface area contributed by atoms with Gasteiger partial charge in [-0.05, 0) is 25.2 Å². The summed E-state index contributed by atoms with van der Waals surface area (Å²) in [5.74, 6) is -0.156. The molecule has 5 heteroatoms. The molecule has 0 bridgehead atoms. The van der Waals surface area contributed by atoms with E-state index in [2.05, 4.69) is 13.8 Å². The SMILES string of the molecule is CCC(C)CN(CC)C(=O)N1CCC(CC(=O)O)C1. The minimum atomic E-state index is -0.772. The lowest BCUT2D eigenvalue weighted by atomic mass is 10.1. The molecule has 2 unspecified atom stereocenters. The van der Waals surface area contributed by atoms with Crippen molar-refractivity contribution in [1.29, 1.82) is 0 Å². The lowest BCUT2D eigenvalue weighted by Crippen LogP contribution is -2.43. The first kappa shape index (κ1) is 15.8. The maximum atomic E-state index is 12.4. The van der Waals surface area contributed by atoms with Crippen LogP contribution in [0.5, 0.6) is 0 Å². The minimum absolute atomic E-state index is 0.0655. The third-order valence-electron chi connectivity index (χ3n) is 3.90. The number of carbonyl (C=O) groups excluding carboxylic acids is 1. The number of hydrogen-bond donors (Lipinski definition) is 1. The summed E-state index contributed by atoms with van der Waals surface area (Å²) in [6.07, 6.45) is 2.03. The predicted molar refractivity (Wildman–Crippen MR) is 74.0 cm³/mol. The zero-order valence-electron chi connectivity index (χ0n) is 12.3. The molecule has 1 N–H and O–H groups in total. The molecule has 0 aromatic carbocycles. The van der Waals surface area contributed by atoms with Gasteiger partial charge >= 0.3 is 12.0 Å². The fourth-order valence-electron chi connectivity index (χ4n) is 2.47. The van der Waals surface area contributed by atoms with Crippen LogP contribution in [-0.2, 0) is 4.79 Å². The quantitative estimate of drug-likeness (QED) is 0.805. The molecule has 0 radical (unpaired) electrons. The number of likely N-dealkylation sites (tertiary alicyclic amines) is 1. The Bertz CT molecular complexity index is 320. The monoisotopic (exact) mass is 270 g/mol. The average molecular weight is 270 g/mol. The van der Waals surface area contributed by atoms with E-state index in [4.69, 9.17) is 5.11 Å². The summed E-state index contributed by atoms with van der Waals surface area (Å²) < 4.78 is 0. The summed E-state index contributed by atoms with van der Waals surface area (Å²) in [4.78, 5) is 26.7. The number of nitrogens with zero attached hydrogens (tertiary/aromatic N) is 2. The number of aliphatic carboxylic acids is 1. The maximum absolute atomic E-state index is 12.4. The molecule has 0 aliphatic carbocycles. The normalized spacial score (nSPS) is 20.4. The van der Waals surface area contributed by atoms with Crippen molar-refractivity contribution in [3.63, 3.8) is 0 Å². The number of amides is 2.